The maximum atomic E-state index is 12.1. The lowest BCUT2D eigenvalue weighted by Crippen LogP contribution is -2.22. The zero-order valence-corrected chi connectivity index (χ0v) is 16.6. The number of carbonyl (C=O) groups excluding carboxylic acids is 1. The predicted octanol–water partition coefficient (Wildman–Crippen LogP) is 2.76. The van der Waals surface area contributed by atoms with Crippen molar-refractivity contribution < 1.29 is 19.0 Å². The third-order valence-corrected chi connectivity index (χ3v) is 3.81. The van der Waals surface area contributed by atoms with Gasteiger partial charge in [0.25, 0.3) is 0 Å². The third kappa shape index (κ3) is 6.19. The lowest BCUT2D eigenvalue weighted by Gasteiger charge is -2.09. The van der Waals surface area contributed by atoms with Gasteiger partial charge in [-0.05, 0) is 30.2 Å². The van der Waals surface area contributed by atoms with Gasteiger partial charge in [0.15, 0.2) is 5.75 Å². The SMILES string of the molecule is COc1ccc(OC)c(/C=C/C(=O)NCc2cc(=O)c(OCC(C)C)c[nH]2)c1. The highest BCUT2D eigenvalue weighted by Gasteiger charge is 2.06. The first-order valence-electron chi connectivity index (χ1n) is 8.95. The van der Waals surface area contributed by atoms with Gasteiger partial charge in [-0.2, -0.15) is 0 Å². The molecule has 0 spiro atoms. The van der Waals surface area contributed by atoms with Crippen LogP contribution >= 0.6 is 0 Å². The van der Waals surface area contributed by atoms with E-state index in [9.17, 15) is 9.59 Å². The second-order valence-corrected chi connectivity index (χ2v) is 6.55. The van der Waals surface area contributed by atoms with E-state index in [2.05, 4.69) is 10.3 Å². The van der Waals surface area contributed by atoms with E-state index in [0.717, 1.165) is 5.56 Å². The largest absolute Gasteiger partial charge is 0.497 e. The van der Waals surface area contributed by atoms with Gasteiger partial charge in [0.1, 0.15) is 11.5 Å². The van der Waals surface area contributed by atoms with Crippen LogP contribution in [0.15, 0.2) is 41.3 Å². The molecule has 0 bridgehead atoms. The topological polar surface area (TPSA) is 89.7 Å². The summed E-state index contributed by atoms with van der Waals surface area (Å²) in [4.78, 5) is 27.1. The molecule has 1 amide bonds. The van der Waals surface area contributed by atoms with Crippen LogP contribution in [-0.2, 0) is 11.3 Å². The fraction of sp³-hybridized carbons (Fsp3) is 0.333. The molecule has 1 aromatic carbocycles. The molecule has 1 aromatic heterocycles. The fourth-order valence-electron chi connectivity index (χ4n) is 2.35. The molecule has 0 aliphatic heterocycles. The number of hydrogen-bond acceptors (Lipinski definition) is 5. The van der Waals surface area contributed by atoms with Crippen molar-refractivity contribution in [2.24, 2.45) is 5.92 Å². The summed E-state index contributed by atoms with van der Waals surface area (Å²) in [5.41, 5.74) is 1.08. The van der Waals surface area contributed by atoms with Gasteiger partial charge in [-0.3, -0.25) is 9.59 Å². The van der Waals surface area contributed by atoms with Crippen molar-refractivity contribution in [1.29, 1.82) is 0 Å². The average molecular weight is 386 g/mol. The first-order valence-corrected chi connectivity index (χ1v) is 8.95. The van der Waals surface area contributed by atoms with E-state index in [0.29, 0.717) is 29.7 Å². The van der Waals surface area contributed by atoms with Crippen molar-refractivity contribution in [2.75, 3.05) is 20.8 Å². The summed E-state index contributed by atoms with van der Waals surface area (Å²) in [6, 6.07) is 6.74. The number of rotatable bonds is 9. The van der Waals surface area contributed by atoms with E-state index in [4.69, 9.17) is 14.2 Å². The molecule has 0 radical (unpaired) electrons. The Balaban J connectivity index is 1.96. The van der Waals surface area contributed by atoms with Gasteiger partial charge >= 0.3 is 0 Å². The number of aromatic nitrogens is 1. The highest BCUT2D eigenvalue weighted by atomic mass is 16.5. The number of nitrogens with one attached hydrogen (secondary N) is 2. The van der Waals surface area contributed by atoms with Crippen molar-refractivity contribution in [3.05, 3.63) is 58.0 Å². The molecule has 0 aliphatic rings. The summed E-state index contributed by atoms with van der Waals surface area (Å²) in [5, 5.41) is 2.72. The molecule has 0 aliphatic carbocycles. The van der Waals surface area contributed by atoms with Crippen LogP contribution in [-0.4, -0.2) is 31.7 Å². The molecule has 2 aromatic rings. The Morgan fingerprint density at radius 3 is 2.61 bits per heavy atom. The highest BCUT2D eigenvalue weighted by molar-refractivity contribution is 5.92. The van der Waals surface area contributed by atoms with Gasteiger partial charge in [-0.15, -0.1) is 0 Å². The average Bonchev–Trinajstić information content (AvgIpc) is 2.69. The molecule has 0 saturated carbocycles. The molecule has 28 heavy (non-hydrogen) atoms. The van der Waals surface area contributed by atoms with Crippen LogP contribution in [0, 0.1) is 5.92 Å². The summed E-state index contributed by atoms with van der Waals surface area (Å²) in [7, 11) is 3.13. The Labute approximate surface area is 164 Å². The Kier molecular flexibility index (Phi) is 7.68. The van der Waals surface area contributed by atoms with Crippen LogP contribution in [0.4, 0.5) is 0 Å². The maximum Gasteiger partial charge on any atom is 0.244 e. The number of ether oxygens (including phenoxy) is 3. The van der Waals surface area contributed by atoms with Gasteiger partial charge in [0, 0.05) is 29.6 Å². The van der Waals surface area contributed by atoms with Crippen molar-refractivity contribution in [3.63, 3.8) is 0 Å². The zero-order chi connectivity index (χ0) is 20.5. The van der Waals surface area contributed by atoms with Gasteiger partial charge in [-0.25, -0.2) is 0 Å². The maximum absolute atomic E-state index is 12.1. The minimum absolute atomic E-state index is 0.193. The van der Waals surface area contributed by atoms with E-state index in [1.165, 1.54) is 18.3 Å². The van der Waals surface area contributed by atoms with Crippen LogP contribution in [0.25, 0.3) is 6.08 Å². The molecular formula is C21H26N2O5. The lowest BCUT2D eigenvalue weighted by atomic mass is 10.1. The van der Waals surface area contributed by atoms with Crippen molar-refractivity contribution in [2.45, 2.75) is 20.4 Å². The van der Waals surface area contributed by atoms with Crippen LogP contribution in [0.1, 0.15) is 25.1 Å². The van der Waals surface area contributed by atoms with Gasteiger partial charge in [0.05, 0.1) is 27.4 Å². The molecule has 1 heterocycles. The van der Waals surface area contributed by atoms with Gasteiger partial charge < -0.3 is 24.5 Å². The van der Waals surface area contributed by atoms with Crippen LogP contribution in [0.5, 0.6) is 17.2 Å². The second-order valence-electron chi connectivity index (χ2n) is 6.55. The van der Waals surface area contributed by atoms with Crippen LogP contribution < -0.4 is 25.0 Å². The summed E-state index contributed by atoms with van der Waals surface area (Å²) in [6.07, 6.45) is 4.56. The van der Waals surface area contributed by atoms with Crippen LogP contribution in [0.3, 0.4) is 0 Å². The minimum atomic E-state index is -0.300. The Morgan fingerprint density at radius 2 is 1.96 bits per heavy atom. The standard InChI is InChI=1S/C21H26N2O5/c1-14(2)13-28-20-12-22-16(10-18(20)24)11-23-21(25)8-5-15-9-17(26-3)6-7-19(15)27-4/h5-10,12,14H,11,13H2,1-4H3,(H,22,24)(H,23,25)/b8-5+. The number of aromatic amines is 1. The molecule has 7 nitrogen and oxygen atoms in total. The molecule has 0 atom stereocenters. The van der Waals surface area contributed by atoms with E-state index < -0.39 is 0 Å². The Bertz CT molecular complexity index is 887. The van der Waals surface area contributed by atoms with Crippen LogP contribution in [0.2, 0.25) is 0 Å². The number of hydrogen-bond donors (Lipinski definition) is 2. The minimum Gasteiger partial charge on any atom is -0.497 e. The number of carbonyl (C=O) groups is 1. The molecule has 2 rings (SSSR count). The lowest BCUT2D eigenvalue weighted by molar-refractivity contribution is -0.116. The van der Waals surface area contributed by atoms with E-state index >= 15 is 0 Å². The van der Waals surface area contributed by atoms with E-state index in [1.807, 2.05) is 13.8 Å². The van der Waals surface area contributed by atoms with Crippen molar-refractivity contribution >= 4 is 12.0 Å². The van der Waals surface area contributed by atoms with Gasteiger partial charge in [-0.1, -0.05) is 13.8 Å². The number of methoxy groups -OCH3 is 2. The molecule has 150 valence electrons. The zero-order valence-electron chi connectivity index (χ0n) is 16.6. The number of pyridine rings is 1. The first-order chi connectivity index (χ1) is 13.4. The predicted molar refractivity (Wildman–Crippen MR) is 108 cm³/mol. The van der Waals surface area contributed by atoms with E-state index in [1.54, 1.807) is 38.5 Å². The molecule has 0 fully saturated rings. The summed E-state index contributed by atoms with van der Waals surface area (Å²) in [5.74, 6) is 1.59. The normalized spacial score (nSPS) is 10.9. The monoisotopic (exact) mass is 386 g/mol. The number of benzene rings is 1. The van der Waals surface area contributed by atoms with Crippen molar-refractivity contribution in [1.82, 2.24) is 10.3 Å². The Morgan fingerprint density at radius 1 is 1.18 bits per heavy atom. The van der Waals surface area contributed by atoms with Crippen molar-refractivity contribution in [3.8, 4) is 17.2 Å². The summed E-state index contributed by atoms with van der Waals surface area (Å²) < 4.78 is 15.9. The highest BCUT2D eigenvalue weighted by Crippen LogP contribution is 2.24. The molecule has 0 unspecified atom stereocenters. The molecule has 7 heteroatoms. The smallest absolute Gasteiger partial charge is 0.244 e. The van der Waals surface area contributed by atoms with Gasteiger partial charge in [0.2, 0.25) is 11.3 Å². The quantitative estimate of drug-likeness (QED) is 0.647. The molecule has 0 saturated heterocycles. The van der Waals surface area contributed by atoms with E-state index in [-0.39, 0.29) is 23.6 Å². The summed E-state index contributed by atoms with van der Waals surface area (Å²) in [6.45, 7) is 4.68. The number of amides is 1. The number of H-pyrrole nitrogens is 1. The third-order valence-electron chi connectivity index (χ3n) is 3.81. The molecular weight excluding hydrogens is 360 g/mol. The summed E-state index contributed by atoms with van der Waals surface area (Å²) >= 11 is 0. The first kappa shape index (κ1) is 21.1. The molecule has 2 N–H and O–H groups in total. The second kappa shape index (κ2) is 10.2. The fourth-order valence-corrected chi connectivity index (χ4v) is 2.35. The Hall–Kier alpha value is -3.22.